The number of benzene rings is 1. The van der Waals surface area contributed by atoms with Crippen molar-refractivity contribution in [3.8, 4) is 17.0 Å². The third-order valence-electron chi connectivity index (χ3n) is 4.87. The Labute approximate surface area is 157 Å². The molecule has 0 saturated carbocycles. The van der Waals surface area contributed by atoms with Crippen molar-refractivity contribution in [2.75, 3.05) is 32.6 Å². The number of likely N-dealkylation sites (tertiary alicyclic amines) is 1. The van der Waals surface area contributed by atoms with Gasteiger partial charge in [0.15, 0.2) is 5.82 Å². The fraction of sp³-hybridized carbons (Fsp3) is 0.350. The van der Waals surface area contributed by atoms with Crippen LogP contribution in [0, 0.1) is 0 Å². The molecule has 1 fully saturated rings. The Morgan fingerprint density at radius 1 is 1.11 bits per heavy atom. The predicted octanol–water partition coefficient (Wildman–Crippen LogP) is 3.15. The number of hydrogen-bond donors (Lipinski definition) is 1. The lowest BCUT2D eigenvalue weighted by molar-refractivity contribution is 0.153. The minimum absolute atomic E-state index is 0.0108. The summed E-state index contributed by atoms with van der Waals surface area (Å²) in [4.78, 5) is 6.24. The van der Waals surface area contributed by atoms with E-state index < -0.39 is 6.17 Å². The number of nitrogens with zero attached hydrogens (tertiary/aromatic N) is 4. The molecule has 0 bridgehead atoms. The van der Waals surface area contributed by atoms with Crippen LogP contribution in [0.1, 0.15) is 6.42 Å². The molecule has 1 aliphatic rings. The number of alkyl halides is 1. The maximum absolute atomic E-state index is 13.9. The summed E-state index contributed by atoms with van der Waals surface area (Å²) >= 11 is 0. The Morgan fingerprint density at radius 2 is 1.93 bits per heavy atom. The fourth-order valence-electron chi connectivity index (χ4n) is 3.61. The van der Waals surface area contributed by atoms with Crippen molar-refractivity contribution >= 4 is 16.6 Å². The third kappa shape index (κ3) is 3.68. The lowest BCUT2D eigenvalue weighted by Gasteiger charge is -2.32. The summed E-state index contributed by atoms with van der Waals surface area (Å²) < 4.78 is 19.1. The van der Waals surface area contributed by atoms with Gasteiger partial charge in [0.1, 0.15) is 17.6 Å². The second-order valence-electron chi connectivity index (χ2n) is 6.94. The summed E-state index contributed by atoms with van der Waals surface area (Å²) in [6.07, 6.45) is 3.15. The molecule has 1 aromatic carbocycles. The van der Waals surface area contributed by atoms with Crippen molar-refractivity contribution in [1.82, 2.24) is 20.1 Å². The van der Waals surface area contributed by atoms with E-state index >= 15 is 0 Å². The Balaban J connectivity index is 1.69. The first-order valence-electron chi connectivity index (χ1n) is 8.98. The minimum Gasteiger partial charge on any atom is -0.497 e. The first-order chi connectivity index (χ1) is 13.1. The van der Waals surface area contributed by atoms with Gasteiger partial charge < -0.3 is 15.0 Å². The molecule has 1 N–H and O–H groups in total. The molecular weight excluding hydrogens is 345 g/mol. The van der Waals surface area contributed by atoms with E-state index in [4.69, 9.17) is 4.74 Å². The molecular formula is C20H22FN5O. The van der Waals surface area contributed by atoms with Gasteiger partial charge in [-0.15, -0.1) is 10.2 Å². The van der Waals surface area contributed by atoms with Crippen LogP contribution in [0.2, 0.25) is 0 Å². The smallest absolute Gasteiger partial charge is 0.158 e. The molecule has 0 radical (unpaired) electrons. The number of ether oxygens (including phenoxy) is 1. The van der Waals surface area contributed by atoms with Crippen molar-refractivity contribution in [2.24, 2.45) is 0 Å². The van der Waals surface area contributed by atoms with E-state index in [0.717, 1.165) is 34.3 Å². The van der Waals surface area contributed by atoms with Crippen LogP contribution in [0.3, 0.4) is 0 Å². The molecule has 140 valence electrons. The van der Waals surface area contributed by atoms with Crippen LogP contribution >= 0.6 is 0 Å². The van der Waals surface area contributed by atoms with Crippen molar-refractivity contribution in [2.45, 2.75) is 18.6 Å². The van der Waals surface area contributed by atoms with Gasteiger partial charge in [0, 0.05) is 54.3 Å². The fourth-order valence-corrected chi connectivity index (χ4v) is 3.61. The van der Waals surface area contributed by atoms with Crippen molar-refractivity contribution in [3.05, 3.63) is 42.7 Å². The van der Waals surface area contributed by atoms with E-state index in [1.165, 1.54) is 0 Å². The van der Waals surface area contributed by atoms with Crippen LogP contribution < -0.4 is 10.1 Å². The zero-order valence-electron chi connectivity index (χ0n) is 15.4. The Kier molecular flexibility index (Phi) is 4.85. The van der Waals surface area contributed by atoms with E-state index in [0.29, 0.717) is 18.8 Å². The molecule has 7 heteroatoms. The normalized spacial score (nSPS) is 20.6. The number of nitrogens with one attached hydrogen (secondary N) is 1. The minimum atomic E-state index is -0.836. The molecule has 2 atom stereocenters. The van der Waals surface area contributed by atoms with Gasteiger partial charge in [-0.05, 0) is 37.4 Å². The SMILES string of the molecule is COc1ccc(-c2nnc(N[C@@H]3C[C@@H](F)CN(C)C3)c3cnccc23)cc1. The Hall–Kier alpha value is -2.80. The highest BCUT2D eigenvalue weighted by atomic mass is 19.1. The molecule has 1 aliphatic heterocycles. The standard InChI is InChI=1S/C20H22FN5O/c1-26-11-14(21)9-15(12-26)23-20-18-10-22-8-7-17(18)19(24-25-20)13-3-5-16(27-2)6-4-13/h3-8,10,14-15H,9,11-12H2,1-2H3,(H,23,25)/t14-,15-/m1/s1. The first kappa shape index (κ1) is 17.6. The van der Waals surface area contributed by atoms with E-state index in [9.17, 15) is 4.39 Å². The predicted molar refractivity (Wildman–Crippen MR) is 104 cm³/mol. The Morgan fingerprint density at radius 3 is 2.67 bits per heavy atom. The highest BCUT2D eigenvalue weighted by molar-refractivity contribution is 5.99. The third-order valence-corrected chi connectivity index (χ3v) is 4.87. The monoisotopic (exact) mass is 367 g/mol. The van der Waals surface area contributed by atoms with Gasteiger partial charge in [-0.3, -0.25) is 4.98 Å². The molecule has 0 aliphatic carbocycles. The van der Waals surface area contributed by atoms with E-state index in [2.05, 4.69) is 20.5 Å². The van der Waals surface area contributed by atoms with Crippen LogP contribution in [0.4, 0.5) is 10.2 Å². The number of likely N-dealkylation sites (N-methyl/N-ethyl adjacent to an activating group) is 1. The summed E-state index contributed by atoms with van der Waals surface area (Å²) in [6.45, 7) is 1.24. The van der Waals surface area contributed by atoms with Gasteiger partial charge in [-0.2, -0.15) is 0 Å². The molecule has 3 aromatic rings. The number of pyridine rings is 1. The topological polar surface area (TPSA) is 63.2 Å². The molecule has 4 rings (SSSR count). The average molecular weight is 367 g/mol. The van der Waals surface area contributed by atoms with Crippen molar-refractivity contribution < 1.29 is 9.13 Å². The van der Waals surface area contributed by atoms with Gasteiger partial charge in [-0.25, -0.2) is 4.39 Å². The number of halogens is 1. The molecule has 3 heterocycles. The van der Waals surface area contributed by atoms with Gasteiger partial charge in [0.05, 0.1) is 7.11 Å². The zero-order valence-corrected chi connectivity index (χ0v) is 15.4. The van der Waals surface area contributed by atoms with Crippen LogP contribution in [0.25, 0.3) is 22.0 Å². The highest BCUT2D eigenvalue weighted by Gasteiger charge is 2.26. The quantitative estimate of drug-likeness (QED) is 0.764. The van der Waals surface area contributed by atoms with E-state index in [1.807, 2.05) is 42.3 Å². The second kappa shape index (κ2) is 7.44. The molecule has 0 amide bonds. The van der Waals surface area contributed by atoms with Crippen LogP contribution in [-0.2, 0) is 0 Å². The maximum Gasteiger partial charge on any atom is 0.158 e. The number of fused-ring (bicyclic) bond motifs is 1. The largest absolute Gasteiger partial charge is 0.497 e. The van der Waals surface area contributed by atoms with Gasteiger partial charge >= 0.3 is 0 Å². The van der Waals surface area contributed by atoms with Crippen LogP contribution in [0.15, 0.2) is 42.7 Å². The van der Waals surface area contributed by atoms with Crippen LogP contribution in [0.5, 0.6) is 5.75 Å². The molecule has 0 spiro atoms. The van der Waals surface area contributed by atoms with Crippen molar-refractivity contribution in [1.29, 1.82) is 0 Å². The lowest BCUT2D eigenvalue weighted by atomic mass is 10.0. The number of hydrogen-bond acceptors (Lipinski definition) is 6. The van der Waals surface area contributed by atoms with Gasteiger partial charge in [0.25, 0.3) is 0 Å². The molecule has 2 aromatic heterocycles. The molecule has 27 heavy (non-hydrogen) atoms. The van der Waals surface area contributed by atoms with Crippen molar-refractivity contribution in [3.63, 3.8) is 0 Å². The van der Waals surface area contributed by atoms with Crippen LogP contribution in [-0.4, -0.2) is 59.5 Å². The molecule has 1 saturated heterocycles. The number of piperidine rings is 1. The highest BCUT2D eigenvalue weighted by Crippen LogP contribution is 2.30. The van der Waals surface area contributed by atoms with E-state index in [1.54, 1.807) is 19.5 Å². The average Bonchev–Trinajstić information content (AvgIpc) is 2.68. The number of rotatable bonds is 4. The van der Waals surface area contributed by atoms with Gasteiger partial charge in [0.2, 0.25) is 0 Å². The first-order valence-corrected chi connectivity index (χ1v) is 8.98. The Bertz CT molecular complexity index is 923. The number of anilines is 1. The van der Waals surface area contributed by atoms with E-state index in [-0.39, 0.29) is 6.04 Å². The maximum atomic E-state index is 13.9. The molecule has 0 unspecified atom stereocenters. The summed E-state index contributed by atoms with van der Waals surface area (Å²) in [5.74, 6) is 1.43. The summed E-state index contributed by atoms with van der Waals surface area (Å²) in [6, 6.07) is 9.63. The second-order valence-corrected chi connectivity index (χ2v) is 6.94. The lowest BCUT2D eigenvalue weighted by Crippen LogP contribution is -2.45. The number of aromatic nitrogens is 3. The number of methoxy groups -OCH3 is 1. The summed E-state index contributed by atoms with van der Waals surface area (Å²) in [5, 5.41) is 14.0. The van der Waals surface area contributed by atoms with Gasteiger partial charge in [-0.1, -0.05) is 0 Å². The summed E-state index contributed by atoms with van der Waals surface area (Å²) in [7, 11) is 3.57. The molecule has 6 nitrogen and oxygen atoms in total. The summed E-state index contributed by atoms with van der Waals surface area (Å²) in [5.41, 5.74) is 1.73. The zero-order chi connectivity index (χ0) is 18.8.